The maximum Gasteiger partial charge on any atom is 0.258 e. The normalized spacial score (nSPS) is 25.3. The van der Waals surface area contributed by atoms with E-state index in [0.717, 1.165) is 88.6 Å². The topological polar surface area (TPSA) is 54.8 Å². The van der Waals surface area contributed by atoms with E-state index in [1.165, 1.54) is 24.8 Å². The first kappa shape index (κ1) is 23.0. The van der Waals surface area contributed by atoms with Crippen molar-refractivity contribution in [3.8, 4) is 11.1 Å². The fraction of sp³-hybridized carbons (Fsp3) is 0.586. The number of ether oxygens (including phenoxy) is 1. The predicted molar refractivity (Wildman–Crippen MR) is 136 cm³/mol. The molecule has 2 bridgehead atoms. The molecule has 0 spiro atoms. The van der Waals surface area contributed by atoms with Gasteiger partial charge >= 0.3 is 0 Å². The Morgan fingerprint density at radius 1 is 0.914 bits per heavy atom. The quantitative estimate of drug-likeness (QED) is 0.674. The highest BCUT2D eigenvalue weighted by Crippen LogP contribution is 2.37. The summed E-state index contributed by atoms with van der Waals surface area (Å²) in [5.74, 6) is 1.21. The van der Waals surface area contributed by atoms with Crippen LogP contribution in [0.25, 0.3) is 11.1 Å². The highest BCUT2D eigenvalue weighted by atomic mass is 16.5. The molecular weight excluding hydrogens is 438 g/mol. The molecule has 1 aromatic heterocycles. The fourth-order valence-electron chi connectivity index (χ4n) is 6.86. The van der Waals surface area contributed by atoms with E-state index in [2.05, 4.69) is 34.1 Å². The van der Waals surface area contributed by atoms with Crippen LogP contribution in [-0.2, 0) is 22.6 Å². The molecule has 1 aromatic carbocycles. The maximum absolute atomic E-state index is 13.8. The number of likely N-dealkylation sites (tertiary alicyclic amines) is 1. The van der Waals surface area contributed by atoms with Crippen molar-refractivity contribution in [2.24, 2.45) is 11.8 Å². The first-order valence-electron chi connectivity index (χ1n) is 13.6. The number of pyridine rings is 1. The Labute approximate surface area is 207 Å². The Morgan fingerprint density at radius 3 is 2.54 bits per heavy atom. The second-order valence-corrected chi connectivity index (χ2v) is 11.0. The van der Waals surface area contributed by atoms with Crippen molar-refractivity contribution < 1.29 is 9.53 Å². The third-order valence-electron chi connectivity index (χ3n) is 8.68. The average Bonchev–Trinajstić information content (AvgIpc) is 2.90. The van der Waals surface area contributed by atoms with E-state index in [4.69, 9.17) is 4.74 Å². The average molecular weight is 476 g/mol. The van der Waals surface area contributed by atoms with Gasteiger partial charge in [0, 0.05) is 62.4 Å². The van der Waals surface area contributed by atoms with Crippen molar-refractivity contribution in [2.45, 2.75) is 57.5 Å². The van der Waals surface area contributed by atoms with Gasteiger partial charge in [0.2, 0.25) is 5.91 Å². The standard InChI is InChI=1S/C29H37N3O3/c33-28(22-6-2-1-3-7-22)31-17-21-16-24(20-31)27-11-10-26(29(34)32(27)18-21)25-9-5-4-8-23(25)19-30-12-14-35-15-13-30/h4-5,8-11,21-22,24H,1-3,6-7,12-20H2/t21-,24-/m1/s1. The van der Waals surface area contributed by atoms with Gasteiger partial charge in [-0.2, -0.15) is 0 Å². The molecule has 0 N–H and O–H groups in total. The minimum Gasteiger partial charge on any atom is -0.379 e. The van der Waals surface area contributed by atoms with Gasteiger partial charge in [0.15, 0.2) is 0 Å². The van der Waals surface area contributed by atoms with Gasteiger partial charge < -0.3 is 14.2 Å². The van der Waals surface area contributed by atoms with Crippen LogP contribution in [0.1, 0.15) is 55.7 Å². The lowest BCUT2D eigenvalue weighted by Crippen LogP contribution is -2.50. The van der Waals surface area contributed by atoms with E-state index in [9.17, 15) is 9.59 Å². The number of carbonyl (C=O) groups excluding carboxylic acids is 1. The number of morpholine rings is 1. The van der Waals surface area contributed by atoms with Gasteiger partial charge in [-0.3, -0.25) is 14.5 Å². The van der Waals surface area contributed by atoms with E-state index in [-0.39, 0.29) is 17.4 Å². The molecule has 6 heteroatoms. The molecule has 2 atom stereocenters. The van der Waals surface area contributed by atoms with Crippen LogP contribution >= 0.6 is 0 Å². The van der Waals surface area contributed by atoms with Gasteiger partial charge in [0.05, 0.1) is 13.2 Å². The minimum atomic E-state index is 0.124. The fourth-order valence-corrected chi connectivity index (χ4v) is 6.86. The molecular formula is C29H37N3O3. The van der Waals surface area contributed by atoms with E-state index in [0.29, 0.717) is 11.8 Å². The second-order valence-electron chi connectivity index (χ2n) is 11.0. The van der Waals surface area contributed by atoms with Crippen molar-refractivity contribution in [3.05, 3.63) is 58.0 Å². The third kappa shape index (κ3) is 4.58. The summed E-state index contributed by atoms with van der Waals surface area (Å²) >= 11 is 0. The molecule has 3 fully saturated rings. The predicted octanol–water partition coefficient (Wildman–Crippen LogP) is 3.87. The number of fused-ring (bicyclic) bond motifs is 4. The smallest absolute Gasteiger partial charge is 0.258 e. The van der Waals surface area contributed by atoms with Crippen molar-refractivity contribution in [1.82, 2.24) is 14.4 Å². The number of hydrogen-bond acceptors (Lipinski definition) is 4. The molecule has 1 saturated carbocycles. The maximum atomic E-state index is 13.8. The number of benzene rings is 1. The zero-order valence-corrected chi connectivity index (χ0v) is 20.7. The zero-order valence-electron chi connectivity index (χ0n) is 20.7. The lowest BCUT2D eigenvalue weighted by molar-refractivity contribution is -0.139. The van der Waals surface area contributed by atoms with E-state index >= 15 is 0 Å². The Balaban J connectivity index is 1.26. The van der Waals surface area contributed by atoms with Gasteiger partial charge in [-0.05, 0) is 48.4 Å². The number of aromatic nitrogens is 1. The summed E-state index contributed by atoms with van der Waals surface area (Å²) in [6, 6.07) is 12.5. The summed E-state index contributed by atoms with van der Waals surface area (Å²) in [4.78, 5) is 31.6. The van der Waals surface area contributed by atoms with Crippen molar-refractivity contribution in [2.75, 3.05) is 39.4 Å². The lowest BCUT2D eigenvalue weighted by Gasteiger charge is -2.44. The van der Waals surface area contributed by atoms with Crippen LogP contribution in [0.4, 0.5) is 0 Å². The number of carbonyl (C=O) groups is 1. The Morgan fingerprint density at radius 2 is 1.71 bits per heavy atom. The van der Waals surface area contributed by atoms with Crippen molar-refractivity contribution >= 4 is 5.91 Å². The molecule has 3 aliphatic heterocycles. The van der Waals surface area contributed by atoms with Crippen LogP contribution in [0.5, 0.6) is 0 Å². The molecule has 0 radical (unpaired) electrons. The second kappa shape index (κ2) is 9.90. The Hall–Kier alpha value is -2.44. The summed E-state index contributed by atoms with van der Waals surface area (Å²) < 4.78 is 7.54. The van der Waals surface area contributed by atoms with Crippen LogP contribution in [0.3, 0.4) is 0 Å². The number of rotatable bonds is 4. The number of amides is 1. The molecule has 2 aromatic rings. The number of nitrogens with zero attached hydrogens (tertiary/aromatic N) is 3. The molecule has 186 valence electrons. The van der Waals surface area contributed by atoms with Crippen LogP contribution in [0, 0.1) is 11.8 Å². The summed E-state index contributed by atoms with van der Waals surface area (Å²) in [6.07, 6.45) is 6.82. The number of hydrogen-bond donors (Lipinski definition) is 0. The monoisotopic (exact) mass is 475 g/mol. The zero-order chi connectivity index (χ0) is 23.8. The first-order chi connectivity index (χ1) is 17.2. The number of piperidine rings is 1. The van der Waals surface area contributed by atoms with E-state index in [1.807, 2.05) is 16.7 Å². The van der Waals surface area contributed by atoms with Gasteiger partial charge in [-0.15, -0.1) is 0 Å². The molecule has 0 unspecified atom stereocenters. The molecule has 2 saturated heterocycles. The van der Waals surface area contributed by atoms with Crippen LogP contribution in [0.2, 0.25) is 0 Å². The van der Waals surface area contributed by atoms with Crippen LogP contribution < -0.4 is 5.56 Å². The van der Waals surface area contributed by atoms with Gasteiger partial charge in [-0.25, -0.2) is 0 Å². The third-order valence-corrected chi connectivity index (χ3v) is 8.68. The minimum absolute atomic E-state index is 0.124. The highest BCUT2D eigenvalue weighted by molar-refractivity contribution is 5.79. The lowest BCUT2D eigenvalue weighted by atomic mass is 9.81. The van der Waals surface area contributed by atoms with Crippen LogP contribution in [0.15, 0.2) is 41.2 Å². The summed E-state index contributed by atoms with van der Waals surface area (Å²) in [7, 11) is 0. The Kier molecular flexibility index (Phi) is 6.50. The molecule has 4 aliphatic rings. The molecule has 1 aliphatic carbocycles. The van der Waals surface area contributed by atoms with Crippen LogP contribution in [-0.4, -0.2) is 59.7 Å². The molecule has 1 amide bonds. The molecule has 35 heavy (non-hydrogen) atoms. The SMILES string of the molecule is O=C(C1CCCCC1)N1C[C@H]2C[C@H](C1)c1ccc(-c3ccccc3CN3CCOCC3)c(=O)n1C2. The summed E-state index contributed by atoms with van der Waals surface area (Å²) in [5.41, 5.74) is 4.28. The summed E-state index contributed by atoms with van der Waals surface area (Å²) in [5, 5.41) is 0. The highest BCUT2D eigenvalue weighted by Gasteiger charge is 2.38. The molecule has 4 heterocycles. The summed E-state index contributed by atoms with van der Waals surface area (Å²) in [6.45, 7) is 6.52. The Bertz CT molecular complexity index is 1130. The van der Waals surface area contributed by atoms with Gasteiger partial charge in [-0.1, -0.05) is 43.5 Å². The van der Waals surface area contributed by atoms with E-state index < -0.39 is 0 Å². The van der Waals surface area contributed by atoms with Gasteiger partial charge in [0.1, 0.15) is 0 Å². The van der Waals surface area contributed by atoms with E-state index in [1.54, 1.807) is 0 Å². The molecule has 6 rings (SSSR count). The van der Waals surface area contributed by atoms with Gasteiger partial charge in [0.25, 0.3) is 5.56 Å². The van der Waals surface area contributed by atoms with Crippen molar-refractivity contribution in [1.29, 1.82) is 0 Å². The largest absolute Gasteiger partial charge is 0.379 e. The molecule has 6 nitrogen and oxygen atoms in total. The van der Waals surface area contributed by atoms with Crippen molar-refractivity contribution in [3.63, 3.8) is 0 Å². The first-order valence-corrected chi connectivity index (χ1v) is 13.6.